The molecular weight excluding hydrogens is 392 g/mol. The molecule has 4 rings (SSSR count). The maximum atomic E-state index is 6.20. The van der Waals surface area contributed by atoms with Gasteiger partial charge in [0.15, 0.2) is 0 Å². The Labute approximate surface area is 183 Å². The lowest BCUT2D eigenvalue weighted by atomic mass is 10.0. The van der Waals surface area contributed by atoms with E-state index >= 15 is 0 Å². The molecule has 3 heterocycles. The Balaban J connectivity index is 1.60. The van der Waals surface area contributed by atoms with Crippen LogP contribution in [0.5, 0.6) is 0 Å². The fourth-order valence-corrected chi connectivity index (χ4v) is 4.29. The molecule has 0 bridgehead atoms. The topological polar surface area (TPSA) is 161 Å². The van der Waals surface area contributed by atoms with Crippen LogP contribution in [0.15, 0.2) is 24.3 Å². The van der Waals surface area contributed by atoms with E-state index < -0.39 is 0 Å². The molecule has 9 N–H and O–H groups in total. The Morgan fingerprint density at radius 3 is 1.68 bits per heavy atom. The number of anilines is 3. The van der Waals surface area contributed by atoms with Crippen LogP contribution in [-0.2, 0) is 6.54 Å². The first-order chi connectivity index (χ1) is 14.9. The van der Waals surface area contributed by atoms with E-state index in [4.69, 9.17) is 27.9 Å². The van der Waals surface area contributed by atoms with Crippen LogP contribution in [0.4, 0.5) is 17.8 Å². The molecule has 10 nitrogen and oxygen atoms in total. The second-order valence-electron chi connectivity index (χ2n) is 8.92. The van der Waals surface area contributed by atoms with Crippen molar-refractivity contribution in [3.05, 3.63) is 35.4 Å². The fourth-order valence-electron chi connectivity index (χ4n) is 4.29. The lowest BCUT2D eigenvalue weighted by Gasteiger charge is -2.37. The quantitative estimate of drug-likeness (QED) is 0.422. The first kappa shape index (κ1) is 21.7. The van der Waals surface area contributed by atoms with E-state index in [1.54, 1.807) is 0 Å². The van der Waals surface area contributed by atoms with Gasteiger partial charge in [0, 0.05) is 56.9 Å². The summed E-state index contributed by atoms with van der Waals surface area (Å²) in [5, 5.41) is 3.34. The molecule has 168 valence electrons. The molecule has 0 amide bonds. The van der Waals surface area contributed by atoms with E-state index in [0.717, 1.165) is 18.4 Å². The Kier molecular flexibility index (Phi) is 6.51. The third kappa shape index (κ3) is 5.59. The van der Waals surface area contributed by atoms with Crippen molar-refractivity contribution in [2.24, 2.45) is 22.9 Å². The van der Waals surface area contributed by atoms with Crippen molar-refractivity contribution in [2.45, 2.75) is 50.5 Å². The number of nitrogens with two attached hydrogens (primary N) is 4. The van der Waals surface area contributed by atoms with Gasteiger partial charge in [-0.2, -0.15) is 15.0 Å². The summed E-state index contributed by atoms with van der Waals surface area (Å²) in [6.07, 6.45) is 1.59. The fraction of sp³-hybridized carbons (Fsp3) is 0.571. The van der Waals surface area contributed by atoms with E-state index in [9.17, 15) is 0 Å². The summed E-state index contributed by atoms with van der Waals surface area (Å²) in [4.78, 5) is 18.2. The molecule has 0 saturated carbocycles. The molecule has 1 aromatic heterocycles. The number of nitrogens with one attached hydrogen (secondary N) is 1. The summed E-state index contributed by atoms with van der Waals surface area (Å²) in [5.41, 5.74) is 27.2. The molecule has 1 aromatic carbocycles. The van der Waals surface area contributed by atoms with Crippen molar-refractivity contribution in [1.29, 1.82) is 0 Å². The standard InChI is InChI=1S/C21H34N10/c1-13-2-4-14(5-3-13)8-26-19-27-20(30-9-15(22)6-16(23)10-30)29-21(28-19)31-11-17(24)7-18(25)12-31/h2-5,15-18H,6-12,22-25H2,1H3,(H,26,27,28,29)/t15-,16+,17-,18+. The average Bonchev–Trinajstić information content (AvgIpc) is 2.72. The van der Waals surface area contributed by atoms with Gasteiger partial charge < -0.3 is 38.1 Å². The molecule has 10 heteroatoms. The molecule has 2 aromatic rings. The summed E-state index contributed by atoms with van der Waals surface area (Å²) in [6, 6.07) is 8.33. The summed E-state index contributed by atoms with van der Waals surface area (Å²) < 4.78 is 0. The SMILES string of the molecule is Cc1ccc(CNc2nc(N3C[C@H](N)C[C@H](N)C3)nc(N3C[C@H](N)C[C@H](N)C3)n2)cc1. The molecule has 2 saturated heterocycles. The zero-order valence-electron chi connectivity index (χ0n) is 18.1. The van der Waals surface area contributed by atoms with Gasteiger partial charge in [-0.3, -0.25) is 0 Å². The van der Waals surface area contributed by atoms with Gasteiger partial charge in [-0.05, 0) is 25.3 Å². The molecule has 2 fully saturated rings. The molecule has 0 spiro atoms. The minimum absolute atomic E-state index is 0.00948. The van der Waals surface area contributed by atoms with E-state index in [-0.39, 0.29) is 24.2 Å². The van der Waals surface area contributed by atoms with E-state index in [2.05, 4.69) is 46.5 Å². The minimum Gasteiger partial charge on any atom is -0.350 e. The van der Waals surface area contributed by atoms with E-state index in [1.165, 1.54) is 5.56 Å². The maximum absolute atomic E-state index is 6.20. The van der Waals surface area contributed by atoms with Crippen LogP contribution in [0.2, 0.25) is 0 Å². The summed E-state index contributed by atoms with van der Waals surface area (Å²) in [6.45, 7) is 5.33. The number of nitrogens with zero attached hydrogens (tertiary/aromatic N) is 5. The molecule has 2 aliphatic rings. The van der Waals surface area contributed by atoms with Crippen LogP contribution in [0, 0.1) is 6.92 Å². The molecular formula is C21H34N10. The van der Waals surface area contributed by atoms with Gasteiger partial charge in [0.05, 0.1) is 0 Å². The molecule has 0 radical (unpaired) electrons. The molecule has 4 atom stereocenters. The highest BCUT2D eigenvalue weighted by Crippen LogP contribution is 2.22. The minimum atomic E-state index is -0.00948. The van der Waals surface area contributed by atoms with Gasteiger partial charge in [-0.25, -0.2) is 0 Å². The monoisotopic (exact) mass is 426 g/mol. The molecule has 2 aliphatic heterocycles. The van der Waals surface area contributed by atoms with E-state index in [0.29, 0.717) is 50.6 Å². The Bertz CT molecular complexity index is 809. The second-order valence-corrected chi connectivity index (χ2v) is 8.92. The Morgan fingerprint density at radius 1 is 0.774 bits per heavy atom. The van der Waals surface area contributed by atoms with Crippen molar-refractivity contribution < 1.29 is 0 Å². The van der Waals surface area contributed by atoms with Gasteiger partial charge >= 0.3 is 0 Å². The first-order valence-electron chi connectivity index (χ1n) is 10.9. The van der Waals surface area contributed by atoms with Crippen LogP contribution < -0.4 is 38.1 Å². The lowest BCUT2D eigenvalue weighted by Crippen LogP contribution is -2.54. The van der Waals surface area contributed by atoms with Crippen molar-refractivity contribution >= 4 is 17.8 Å². The smallest absolute Gasteiger partial charge is 0.232 e. The predicted molar refractivity (Wildman–Crippen MR) is 124 cm³/mol. The molecule has 0 unspecified atom stereocenters. The normalized spacial score (nSPS) is 26.7. The van der Waals surface area contributed by atoms with Gasteiger partial charge in [-0.1, -0.05) is 29.8 Å². The Morgan fingerprint density at radius 2 is 1.23 bits per heavy atom. The van der Waals surface area contributed by atoms with Crippen molar-refractivity contribution in [3.8, 4) is 0 Å². The number of hydrogen-bond donors (Lipinski definition) is 5. The number of hydrogen-bond acceptors (Lipinski definition) is 10. The third-order valence-corrected chi connectivity index (χ3v) is 5.78. The van der Waals surface area contributed by atoms with Gasteiger partial charge in [0.1, 0.15) is 0 Å². The maximum Gasteiger partial charge on any atom is 0.232 e. The zero-order valence-corrected chi connectivity index (χ0v) is 18.1. The third-order valence-electron chi connectivity index (χ3n) is 5.78. The van der Waals surface area contributed by atoms with Crippen LogP contribution in [-0.4, -0.2) is 65.3 Å². The van der Waals surface area contributed by atoms with Crippen LogP contribution in [0.1, 0.15) is 24.0 Å². The predicted octanol–water partition coefficient (Wildman–Crippen LogP) is -0.478. The van der Waals surface area contributed by atoms with Gasteiger partial charge in [0.25, 0.3) is 0 Å². The summed E-state index contributed by atoms with van der Waals surface area (Å²) in [7, 11) is 0. The second kappa shape index (κ2) is 9.31. The zero-order chi connectivity index (χ0) is 22.0. The van der Waals surface area contributed by atoms with Crippen LogP contribution in [0.3, 0.4) is 0 Å². The number of benzene rings is 1. The van der Waals surface area contributed by atoms with E-state index in [1.807, 2.05) is 9.80 Å². The molecule has 31 heavy (non-hydrogen) atoms. The summed E-state index contributed by atoms with van der Waals surface area (Å²) >= 11 is 0. The van der Waals surface area contributed by atoms with Crippen LogP contribution in [0.25, 0.3) is 0 Å². The highest BCUT2D eigenvalue weighted by Gasteiger charge is 2.28. The summed E-state index contributed by atoms with van der Waals surface area (Å²) in [5.74, 6) is 1.67. The van der Waals surface area contributed by atoms with Crippen molar-refractivity contribution in [3.63, 3.8) is 0 Å². The van der Waals surface area contributed by atoms with Crippen LogP contribution >= 0.6 is 0 Å². The first-order valence-corrected chi connectivity index (χ1v) is 10.9. The average molecular weight is 427 g/mol. The highest BCUT2D eigenvalue weighted by molar-refractivity contribution is 5.47. The number of piperidine rings is 2. The molecule has 0 aliphatic carbocycles. The van der Waals surface area contributed by atoms with Gasteiger partial charge in [-0.15, -0.1) is 0 Å². The highest BCUT2D eigenvalue weighted by atomic mass is 15.4. The number of rotatable bonds is 5. The number of aryl methyl sites for hydroxylation is 1. The van der Waals surface area contributed by atoms with Crippen molar-refractivity contribution in [2.75, 3.05) is 41.3 Å². The van der Waals surface area contributed by atoms with Gasteiger partial charge in [0.2, 0.25) is 17.8 Å². The Hall–Kier alpha value is -2.53. The van der Waals surface area contributed by atoms with Crippen molar-refractivity contribution in [1.82, 2.24) is 15.0 Å². The number of aromatic nitrogens is 3. The largest absolute Gasteiger partial charge is 0.350 e. The lowest BCUT2D eigenvalue weighted by molar-refractivity contribution is 0.441.